The zero-order chi connectivity index (χ0) is 10.0. The topological polar surface area (TPSA) is 46.2 Å². The van der Waals surface area contributed by atoms with E-state index in [0.717, 1.165) is 10.0 Å². The Morgan fingerprint density at radius 3 is 2.57 bits per heavy atom. The Bertz CT molecular complexity index is 307. The summed E-state index contributed by atoms with van der Waals surface area (Å²) in [6.07, 6.45) is -0.588. The summed E-state index contributed by atoms with van der Waals surface area (Å²) in [5.41, 5.74) is 6.59. The highest BCUT2D eigenvalue weighted by Crippen LogP contribution is 2.26. The maximum absolute atomic E-state index is 9.30. The molecule has 0 saturated carbocycles. The summed E-state index contributed by atoms with van der Waals surface area (Å²) < 4.78 is 0.866. The van der Waals surface area contributed by atoms with Gasteiger partial charge in [0.15, 0.2) is 0 Å². The molecule has 5 heteroatoms. The van der Waals surface area contributed by atoms with Crippen LogP contribution in [0, 0.1) is 0 Å². The highest BCUT2D eigenvalue weighted by atomic mass is 79.9. The number of hydrogen-bond acceptors (Lipinski definition) is 2. The molecule has 80 valence electrons. The van der Waals surface area contributed by atoms with Crippen molar-refractivity contribution in [2.45, 2.75) is 19.1 Å². The first kappa shape index (κ1) is 14.2. The van der Waals surface area contributed by atoms with Crippen LogP contribution in [0.3, 0.4) is 0 Å². The van der Waals surface area contributed by atoms with E-state index in [1.54, 1.807) is 19.1 Å². The lowest BCUT2D eigenvalue weighted by atomic mass is 10.0. The molecular weight excluding hydrogens is 289 g/mol. The van der Waals surface area contributed by atoms with Crippen LogP contribution >= 0.6 is 39.9 Å². The molecule has 0 bridgehead atoms. The first-order valence-corrected chi connectivity index (χ1v) is 5.08. The van der Waals surface area contributed by atoms with Gasteiger partial charge in [0.25, 0.3) is 0 Å². The number of benzene rings is 1. The first-order valence-electron chi connectivity index (χ1n) is 3.91. The number of halogens is 3. The normalized spacial score (nSPS) is 14.4. The van der Waals surface area contributed by atoms with Gasteiger partial charge in [0.05, 0.1) is 12.1 Å². The summed E-state index contributed by atoms with van der Waals surface area (Å²) in [5, 5.41) is 9.92. The average molecular weight is 301 g/mol. The molecule has 0 heterocycles. The molecule has 0 amide bonds. The number of nitrogens with two attached hydrogens (primary N) is 1. The second kappa shape index (κ2) is 5.93. The van der Waals surface area contributed by atoms with Crippen LogP contribution in [0.4, 0.5) is 0 Å². The molecule has 1 aromatic carbocycles. The lowest BCUT2D eigenvalue weighted by Gasteiger charge is -2.16. The predicted molar refractivity (Wildman–Crippen MR) is 65.0 cm³/mol. The molecule has 2 atom stereocenters. The van der Waals surface area contributed by atoms with E-state index in [2.05, 4.69) is 15.9 Å². The summed E-state index contributed by atoms with van der Waals surface area (Å²) in [6, 6.07) is 4.93. The van der Waals surface area contributed by atoms with Gasteiger partial charge in [-0.3, -0.25) is 0 Å². The van der Waals surface area contributed by atoms with Gasteiger partial charge in [-0.2, -0.15) is 0 Å². The van der Waals surface area contributed by atoms with Crippen LogP contribution < -0.4 is 5.73 Å². The fraction of sp³-hybridized carbons (Fsp3) is 0.333. The van der Waals surface area contributed by atoms with Crippen LogP contribution in [0.2, 0.25) is 5.02 Å². The summed E-state index contributed by atoms with van der Waals surface area (Å²) >= 11 is 9.16. The van der Waals surface area contributed by atoms with E-state index in [1.165, 1.54) is 0 Å². The molecule has 0 radical (unpaired) electrons. The van der Waals surface area contributed by atoms with E-state index in [0.29, 0.717) is 5.02 Å². The maximum atomic E-state index is 9.30. The summed E-state index contributed by atoms with van der Waals surface area (Å²) in [5.74, 6) is 0. The molecular formula is C9H12BrCl2NO. The SMILES string of the molecule is C[C@H](O)[C@H](N)c1cc(Cl)ccc1Br.Cl. The fourth-order valence-corrected chi connectivity index (χ4v) is 1.72. The molecule has 0 aliphatic heterocycles. The van der Waals surface area contributed by atoms with Crippen molar-refractivity contribution in [3.8, 4) is 0 Å². The Morgan fingerprint density at radius 2 is 2.07 bits per heavy atom. The van der Waals surface area contributed by atoms with Crippen LogP contribution in [0.15, 0.2) is 22.7 Å². The standard InChI is InChI=1S/C9H11BrClNO.ClH/c1-5(13)9(12)7-4-6(11)2-3-8(7)10;/h2-5,9,13H,12H2,1H3;1H/t5-,9-;/m0./s1. The third kappa shape index (κ3) is 3.41. The number of rotatable bonds is 2. The Labute approximate surface area is 103 Å². The summed E-state index contributed by atoms with van der Waals surface area (Å²) in [7, 11) is 0. The van der Waals surface area contributed by atoms with E-state index in [9.17, 15) is 5.11 Å². The Kier molecular flexibility index (Phi) is 6.02. The lowest BCUT2D eigenvalue weighted by molar-refractivity contribution is 0.164. The van der Waals surface area contributed by atoms with Crippen LogP contribution in [0.1, 0.15) is 18.5 Å². The summed E-state index contributed by atoms with van der Waals surface area (Å²) in [4.78, 5) is 0. The largest absolute Gasteiger partial charge is 0.391 e. The Morgan fingerprint density at radius 1 is 1.50 bits per heavy atom. The van der Waals surface area contributed by atoms with Crippen molar-refractivity contribution < 1.29 is 5.11 Å². The van der Waals surface area contributed by atoms with E-state index < -0.39 is 12.1 Å². The van der Waals surface area contributed by atoms with Gasteiger partial charge in [-0.05, 0) is 30.7 Å². The number of hydrogen-bond donors (Lipinski definition) is 2. The van der Waals surface area contributed by atoms with Gasteiger partial charge in [0, 0.05) is 9.50 Å². The highest BCUT2D eigenvalue weighted by Gasteiger charge is 2.14. The van der Waals surface area contributed by atoms with Crippen molar-refractivity contribution >= 4 is 39.9 Å². The first-order chi connectivity index (χ1) is 6.02. The van der Waals surface area contributed by atoms with Gasteiger partial charge in [-0.1, -0.05) is 27.5 Å². The van der Waals surface area contributed by atoms with Crippen molar-refractivity contribution in [2.24, 2.45) is 5.73 Å². The quantitative estimate of drug-likeness (QED) is 0.882. The van der Waals surface area contributed by atoms with Gasteiger partial charge >= 0.3 is 0 Å². The minimum absolute atomic E-state index is 0. The molecule has 0 aliphatic carbocycles. The van der Waals surface area contributed by atoms with Gasteiger partial charge in [0.2, 0.25) is 0 Å². The molecule has 0 unspecified atom stereocenters. The van der Waals surface area contributed by atoms with E-state index in [1.807, 2.05) is 6.07 Å². The zero-order valence-corrected chi connectivity index (χ0v) is 10.7. The van der Waals surface area contributed by atoms with Crippen molar-refractivity contribution in [3.63, 3.8) is 0 Å². The monoisotopic (exact) mass is 299 g/mol. The summed E-state index contributed by atoms with van der Waals surface area (Å²) in [6.45, 7) is 1.65. The third-order valence-electron chi connectivity index (χ3n) is 1.84. The van der Waals surface area contributed by atoms with E-state index in [-0.39, 0.29) is 12.4 Å². The van der Waals surface area contributed by atoms with Crippen molar-refractivity contribution in [2.75, 3.05) is 0 Å². The maximum Gasteiger partial charge on any atom is 0.0705 e. The highest BCUT2D eigenvalue weighted by molar-refractivity contribution is 9.10. The van der Waals surface area contributed by atoms with E-state index >= 15 is 0 Å². The molecule has 2 nitrogen and oxygen atoms in total. The minimum Gasteiger partial charge on any atom is -0.391 e. The smallest absolute Gasteiger partial charge is 0.0705 e. The second-order valence-electron chi connectivity index (χ2n) is 2.93. The van der Waals surface area contributed by atoms with Gasteiger partial charge in [0.1, 0.15) is 0 Å². The number of aliphatic hydroxyl groups excluding tert-OH is 1. The molecule has 0 spiro atoms. The van der Waals surface area contributed by atoms with Gasteiger partial charge < -0.3 is 10.8 Å². The molecule has 1 aromatic rings. The third-order valence-corrected chi connectivity index (χ3v) is 2.79. The number of aliphatic hydroxyl groups is 1. The Balaban J connectivity index is 0.00000169. The van der Waals surface area contributed by atoms with Crippen molar-refractivity contribution in [3.05, 3.63) is 33.3 Å². The van der Waals surface area contributed by atoms with Crippen LogP contribution in [-0.2, 0) is 0 Å². The van der Waals surface area contributed by atoms with Gasteiger partial charge in [-0.25, -0.2) is 0 Å². The molecule has 0 fully saturated rings. The molecule has 0 aliphatic rings. The average Bonchev–Trinajstić information content (AvgIpc) is 2.08. The Hall–Kier alpha value is 0.200. The molecule has 0 aromatic heterocycles. The molecule has 14 heavy (non-hydrogen) atoms. The van der Waals surface area contributed by atoms with Crippen LogP contribution in [0.25, 0.3) is 0 Å². The second-order valence-corrected chi connectivity index (χ2v) is 4.22. The van der Waals surface area contributed by atoms with Crippen molar-refractivity contribution in [1.29, 1.82) is 0 Å². The molecule has 3 N–H and O–H groups in total. The predicted octanol–water partition coefficient (Wildman–Crippen LogP) is 2.90. The fourth-order valence-electron chi connectivity index (χ4n) is 1.03. The van der Waals surface area contributed by atoms with Crippen molar-refractivity contribution in [1.82, 2.24) is 0 Å². The van der Waals surface area contributed by atoms with Gasteiger partial charge in [-0.15, -0.1) is 12.4 Å². The lowest BCUT2D eigenvalue weighted by Crippen LogP contribution is -2.23. The molecule has 1 rings (SSSR count). The van der Waals surface area contributed by atoms with E-state index in [4.69, 9.17) is 17.3 Å². The van der Waals surface area contributed by atoms with Crippen LogP contribution in [0.5, 0.6) is 0 Å². The van der Waals surface area contributed by atoms with Crippen LogP contribution in [-0.4, -0.2) is 11.2 Å². The molecule has 0 saturated heterocycles. The zero-order valence-electron chi connectivity index (χ0n) is 7.58. The minimum atomic E-state index is -0.588.